The van der Waals surface area contributed by atoms with Gasteiger partial charge in [-0.3, -0.25) is 0 Å². The van der Waals surface area contributed by atoms with E-state index in [0.717, 1.165) is 29.3 Å². The molecule has 83 valence electrons. The van der Waals surface area contributed by atoms with Crippen molar-refractivity contribution in [3.8, 4) is 5.88 Å². The largest absolute Gasteiger partial charge is 0.476 e. The predicted octanol–water partition coefficient (Wildman–Crippen LogP) is 2.92. The molecule has 0 N–H and O–H groups in total. The van der Waals surface area contributed by atoms with Crippen molar-refractivity contribution in [2.75, 3.05) is 6.61 Å². The Hall–Kier alpha value is -1.64. The fraction of sp³-hybridized carbons (Fsp3) is 0.385. The summed E-state index contributed by atoms with van der Waals surface area (Å²) in [6, 6.07) is 8.81. The molecule has 0 saturated carbocycles. The molecule has 1 aromatic carbocycles. The number of aryl methyl sites for hydroxylation is 1. The number of rotatable bonds is 4. The molecule has 0 unspecified atom stereocenters. The van der Waals surface area contributed by atoms with Gasteiger partial charge in [-0.25, -0.2) is 0 Å². The molecule has 0 bridgehead atoms. The highest BCUT2D eigenvalue weighted by atomic mass is 16.5. The van der Waals surface area contributed by atoms with E-state index in [4.69, 9.17) is 4.74 Å². The van der Waals surface area contributed by atoms with E-state index in [-0.39, 0.29) is 0 Å². The number of ether oxygens (including phenoxy) is 1. The number of aromatic nitrogens is 2. The van der Waals surface area contributed by atoms with Gasteiger partial charge in [0.2, 0.25) is 5.88 Å². The first-order chi connectivity index (χ1) is 7.83. The molecule has 0 aliphatic carbocycles. The zero-order valence-corrected chi connectivity index (χ0v) is 9.66. The van der Waals surface area contributed by atoms with E-state index in [2.05, 4.69) is 23.2 Å². The minimum absolute atomic E-state index is 0.628. The summed E-state index contributed by atoms with van der Waals surface area (Å²) >= 11 is 0. The van der Waals surface area contributed by atoms with Crippen molar-refractivity contribution in [1.29, 1.82) is 0 Å². The van der Waals surface area contributed by atoms with Crippen molar-refractivity contribution in [2.24, 2.45) is 0 Å². The summed E-state index contributed by atoms with van der Waals surface area (Å²) in [6.07, 6.45) is 2.15. The maximum atomic E-state index is 5.63. The number of fused-ring (bicyclic) bond motifs is 1. The summed E-state index contributed by atoms with van der Waals surface area (Å²) < 4.78 is 5.63. The number of hydrogen-bond acceptors (Lipinski definition) is 3. The van der Waals surface area contributed by atoms with E-state index in [1.54, 1.807) is 0 Å². The quantitative estimate of drug-likeness (QED) is 0.735. The average molecular weight is 215 g/mol. The lowest BCUT2D eigenvalue weighted by Gasteiger charge is -2.07. The molecule has 0 spiro atoms. The third-order valence-electron chi connectivity index (χ3n) is 2.51. The molecule has 1 heterocycles. The van der Waals surface area contributed by atoms with Crippen LogP contribution in [0.15, 0.2) is 18.2 Å². The molecule has 2 rings (SSSR count). The Bertz CT molecular complexity index is 482. The monoisotopic (exact) mass is 215 g/mol. The van der Waals surface area contributed by atoms with Crippen molar-refractivity contribution in [1.82, 2.24) is 10.2 Å². The van der Waals surface area contributed by atoms with Gasteiger partial charge in [-0.1, -0.05) is 19.4 Å². The second kappa shape index (κ2) is 4.92. The van der Waals surface area contributed by atoms with Crippen molar-refractivity contribution in [3.05, 3.63) is 30.0 Å². The standard InChI is InChI=1S/C13H15N2O/c1-3-4-9-16-13-12-8-6-5-7-11(12)10(2)14-15-13/h6-8H,3-4,9H2,1-2H3. The molecule has 0 aliphatic heterocycles. The minimum atomic E-state index is 0.628. The number of nitrogens with zero attached hydrogens (tertiary/aromatic N) is 2. The Morgan fingerprint density at radius 2 is 2.19 bits per heavy atom. The van der Waals surface area contributed by atoms with Crippen LogP contribution in [0, 0.1) is 13.0 Å². The zero-order valence-electron chi connectivity index (χ0n) is 9.66. The van der Waals surface area contributed by atoms with Gasteiger partial charge >= 0.3 is 0 Å². The molecule has 3 heteroatoms. The second-order valence-corrected chi connectivity index (χ2v) is 3.76. The molecule has 0 amide bonds. The van der Waals surface area contributed by atoms with Gasteiger partial charge in [-0.05, 0) is 31.5 Å². The van der Waals surface area contributed by atoms with E-state index in [0.29, 0.717) is 12.5 Å². The van der Waals surface area contributed by atoms with E-state index in [9.17, 15) is 0 Å². The minimum Gasteiger partial charge on any atom is -0.476 e. The molecule has 2 aromatic rings. The normalized spacial score (nSPS) is 10.6. The summed E-state index contributed by atoms with van der Waals surface area (Å²) in [5.74, 6) is 0.628. The molecule has 3 nitrogen and oxygen atoms in total. The van der Waals surface area contributed by atoms with Gasteiger partial charge in [0.05, 0.1) is 12.3 Å². The van der Waals surface area contributed by atoms with Crippen LogP contribution in [0.2, 0.25) is 0 Å². The van der Waals surface area contributed by atoms with Crippen LogP contribution in [0.5, 0.6) is 5.88 Å². The Kier molecular flexibility index (Phi) is 3.34. The maximum Gasteiger partial charge on any atom is 0.241 e. The predicted molar refractivity (Wildman–Crippen MR) is 63.5 cm³/mol. The van der Waals surface area contributed by atoms with Crippen LogP contribution in [-0.4, -0.2) is 16.8 Å². The van der Waals surface area contributed by atoms with Crippen molar-refractivity contribution in [2.45, 2.75) is 26.7 Å². The van der Waals surface area contributed by atoms with Crippen LogP contribution >= 0.6 is 0 Å². The lowest BCUT2D eigenvalue weighted by molar-refractivity contribution is 0.298. The number of benzene rings is 1. The number of unbranched alkanes of at least 4 members (excludes halogenated alkanes) is 1. The topological polar surface area (TPSA) is 35.0 Å². The third kappa shape index (κ3) is 2.13. The molecule has 1 radical (unpaired) electrons. The molecule has 16 heavy (non-hydrogen) atoms. The van der Waals surface area contributed by atoms with Gasteiger partial charge in [-0.2, -0.15) is 5.10 Å². The summed E-state index contributed by atoms with van der Waals surface area (Å²) in [5.41, 5.74) is 0.912. The Morgan fingerprint density at radius 3 is 3.00 bits per heavy atom. The molecule has 1 aromatic heterocycles. The molecule has 0 aliphatic rings. The van der Waals surface area contributed by atoms with Gasteiger partial charge in [0.1, 0.15) is 0 Å². The van der Waals surface area contributed by atoms with E-state index >= 15 is 0 Å². The highest BCUT2D eigenvalue weighted by Crippen LogP contribution is 2.23. The lowest BCUT2D eigenvalue weighted by atomic mass is 10.1. The summed E-state index contributed by atoms with van der Waals surface area (Å²) in [7, 11) is 0. The molecular weight excluding hydrogens is 200 g/mol. The molecule has 0 atom stereocenters. The Labute approximate surface area is 95.5 Å². The van der Waals surface area contributed by atoms with Crippen LogP contribution in [0.4, 0.5) is 0 Å². The highest BCUT2D eigenvalue weighted by molar-refractivity contribution is 5.88. The molecule has 0 fully saturated rings. The lowest BCUT2D eigenvalue weighted by Crippen LogP contribution is -2.01. The first kappa shape index (κ1) is 10.9. The van der Waals surface area contributed by atoms with Crippen LogP contribution < -0.4 is 4.74 Å². The van der Waals surface area contributed by atoms with Crippen LogP contribution in [0.1, 0.15) is 25.5 Å². The van der Waals surface area contributed by atoms with Gasteiger partial charge in [0.25, 0.3) is 0 Å². The first-order valence-electron chi connectivity index (χ1n) is 5.59. The van der Waals surface area contributed by atoms with Crippen molar-refractivity contribution < 1.29 is 4.74 Å². The molecule has 0 saturated heterocycles. The fourth-order valence-electron chi connectivity index (χ4n) is 1.56. The second-order valence-electron chi connectivity index (χ2n) is 3.76. The van der Waals surface area contributed by atoms with Crippen molar-refractivity contribution >= 4 is 10.8 Å². The smallest absolute Gasteiger partial charge is 0.241 e. The van der Waals surface area contributed by atoms with E-state index < -0.39 is 0 Å². The highest BCUT2D eigenvalue weighted by Gasteiger charge is 2.06. The van der Waals surface area contributed by atoms with Gasteiger partial charge < -0.3 is 4.74 Å². The fourth-order valence-corrected chi connectivity index (χ4v) is 1.56. The SMILES string of the molecule is CCCCOc1nnc(C)c2c[c]ccc12. The van der Waals surface area contributed by atoms with Crippen LogP contribution in [-0.2, 0) is 0 Å². The Morgan fingerprint density at radius 1 is 1.31 bits per heavy atom. The number of hydrogen-bond donors (Lipinski definition) is 0. The summed E-state index contributed by atoms with van der Waals surface area (Å²) in [5, 5.41) is 10.3. The Balaban J connectivity index is 2.35. The summed E-state index contributed by atoms with van der Waals surface area (Å²) in [4.78, 5) is 0. The van der Waals surface area contributed by atoms with Gasteiger partial charge in [0.15, 0.2) is 0 Å². The van der Waals surface area contributed by atoms with E-state index in [1.165, 1.54) is 0 Å². The molecular formula is C13H15N2O. The first-order valence-corrected chi connectivity index (χ1v) is 5.59. The van der Waals surface area contributed by atoms with Gasteiger partial charge in [0, 0.05) is 10.8 Å². The van der Waals surface area contributed by atoms with Crippen LogP contribution in [0.25, 0.3) is 10.8 Å². The van der Waals surface area contributed by atoms with Gasteiger partial charge in [-0.15, -0.1) is 5.10 Å². The van der Waals surface area contributed by atoms with Crippen LogP contribution in [0.3, 0.4) is 0 Å². The zero-order chi connectivity index (χ0) is 11.4. The third-order valence-corrected chi connectivity index (χ3v) is 2.51. The summed E-state index contributed by atoms with van der Waals surface area (Å²) in [6.45, 7) is 4.78. The maximum absolute atomic E-state index is 5.63. The average Bonchev–Trinajstić information content (AvgIpc) is 2.33. The van der Waals surface area contributed by atoms with Crippen molar-refractivity contribution in [3.63, 3.8) is 0 Å². The van der Waals surface area contributed by atoms with E-state index in [1.807, 2.05) is 25.1 Å².